The normalized spacial score (nSPS) is 25.6. The van der Waals surface area contributed by atoms with E-state index >= 15 is 0 Å². The molecule has 1 aliphatic carbocycles. The van der Waals surface area contributed by atoms with Gasteiger partial charge in [0, 0.05) is 18.1 Å². The number of carbonyl (C=O) groups excluding carboxylic acids is 1. The van der Waals surface area contributed by atoms with Crippen molar-refractivity contribution in [2.75, 3.05) is 13.7 Å². The number of alkyl halides is 1. The number of methoxy groups -OCH3 is 1. The molecule has 1 fully saturated rings. The third-order valence-electron chi connectivity index (χ3n) is 3.47. The molecule has 0 aromatic heterocycles. The minimum atomic E-state index is -0.625. The first-order chi connectivity index (χ1) is 9.17. The Morgan fingerprint density at radius 1 is 1.47 bits per heavy atom. The zero-order valence-electron chi connectivity index (χ0n) is 10.8. The molecule has 1 aliphatic rings. The summed E-state index contributed by atoms with van der Waals surface area (Å²) in [5, 5.41) is 8.54. The Morgan fingerprint density at radius 3 is 2.89 bits per heavy atom. The lowest BCUT2D eigenvalue weighted by molar-refractivity contribution is -0.117. The van der Waals surface area contributed by atoms with Crippen LogP contribution in [0, 0.1) is 5.92 Å². The zero-order chi connectivity index (χ0) is 13.8. The van der Waals surface area contributed by atoms with Crippen molar-refractivity contribution >= 4 is 23.5 Å². The van der Waals surface area contributed by atoms with Gasteiger partial charge in [0.05, 0.1) is 7.11 Å². The van der Waals surface area contributed by atoms with Crippen LogP contribution in [0.2, 0.25) is 0 Å². The number of hydrogen-bond donors (Lipinski definition) is 1. The summed E-state index contributed by atoms with van der Waals surface area (Å²) in [6.07, 6.45) is 3.22. The van der Waals surface area contributed by atoms with Crippen LogP contribution in [0.5, 0.6) is 5.75 Å². The number of allylic oxidation sites excluding steroid dienone is 1. The van der Waals surface area contributed by atoms with Gasteiger partial charge in [-0.1, -0.05) is 18.2 Å². The lowest BCUT2D eigenvalue weighted by atomic mass is 9.84. The second-order valence-electron chi connectivity index (χ2n) is 4.66. The summed E-state index contributed by atoms with van der Waals surface area (Å²) < 4.78 is 5.26. The Labute approximate surface area is 117 Å². The van der Waals surface area contributed by atoms with Gasteiger partial charge < -0.3 is 9.84 Å². The summed E-state index contributed by atoms with van der Waals surface area (Å²) in [7, 11) is 1.60. The van der Waals surface area contributed by atoms with Gasteiger partial charge in [-0.3, -0.25) is 4.79 Å². The highest BCUT2D eigenvalue weighted by Crippen LogP contribution is 2.31. The van der Waals surface area contributed by atoms with E-state index in [1.165, 1.54) is 0 Å². The summed E-state index contributed by atoms with van der Waals surface area (Å²) in [6.45, 7) is -0.0398. The third-order valence-corrected chi connectivity index (χ3v) is 4.02. The molecule has 3 nitrogen and oxygen atoms in total. The Bertz CT molecular complexity index is 496. The van der Waals surface area contributed by atoms with E-state index in [1.54, 1.807) is 7.11 Å². The molecule has 1 aromatic carbocycles. The molecule has 1 saturated carbocycles. The number of hydrogen-bond acceptors (Lipinski definition) is 3. The standard InChI is InChI=1S/C15H17ClO3/c1-19-13-5-3-2-4-10(13)8-11-6-7-12(9-17)14(16)15(11)18/h2-5,8,12,14,17H,6-7,9H2,1H3. The van der Waals surface area contributed by atoms with Gasteiger partial charge in [-0.05, 0) is 30.6 Å². The largest absolute Gasteiger partial charge is 0.496 e. The minimum absolute atomic E-state index is 0.0398. The fraction of sp³-hybridized carbons (Fsp3) is 0.400. The third kappa shape index (κ3) is 2.99. The van der Waals surface area contributed by atoms with Crippen LogP contribution in [0.3, 0.4) is 0 Å². The van der Waals surface area contributed by atoms with Crippen LogP contribution in [0.25, 0.3) is 6.08 Å². The summed E-state index contributed by atoms with van der Waals surface area (Å²) in [5.41, 5.74) is 1.58. The number of rotatable bonds is 3. The molecule has 0 bridgehead atoms. The average molecular weight is 281 g/mol. The molecule has 0 aliphatic heterocycles. The zero-order valence-corrected chi connectivity index (χ0v) is 11.6. The molecule has 0 amide bonds. The quantitative estimate of drug-likeness (QED) is 0.684. The Kier molecular flexibility index (Phi) is 4.61. The van der Waals surface area contributed by atoms with E-state index < -0.39 is 5.38 Å². The second-order valence-corrected chi connectivity index (χ2v) is 5.13. The maximum atomic E-state index is 12.1. The van der Waals surface area contributed by atoms with Gasteiger partial charge in [-0.2, -0.15) is 0 Å². The molecule has 0 radical (unpaired) electrons. The van der Waals surface area contributed by atoms with E-state index in [0.717, 1.165) is 17.7 Å². The number of ketones is 1. The Hall–Kier alpha value is -1.32. The second kappa shape index (κ2) is 6.22. The first-order valence-corrected chi connectivity index (χ1v) is 6.73. The predicted molar refractivity (Wildman–Crippen MR) is 75.4 cm³/mol. The maximum absolute atomic E-state index is 12.1. The smallest absolute Gasteiger partial charge is 0.177 e. The van der Waals surface area contributed by atoms with Gasteiger partial charge in [0.25, 0.3) is 0 Å². The van der Waals surface area contributed by atoms with E-state index in [4.69, 9.17) is 21.4 Å². The van der Waals surface area contributed by atoms with Crippen molar-refractivity contribution in [1.29, 1.82) is 0 Å². The van der Waals surface area contributed by atoms with Crippen LogP contribution in [-0.2, 0) is 4.79 Å². The number of ether oxygens (including phenoxy) is 1. The molecule has 0 spiro atoms. The molecule has 1 aromatic rings. The van der Waals surface area contributed by atoms with Crippen molar-refractivity contribution < 1.29 is 14.6 Å². The molecule has 2 rings (SSSR count). The van der Waals surface area contributed by atoms with Crippen LogP contribution < -0.4 is 4.74 Å². The SMILES string of the molecule is COc1ccccc1C=C1CCC(CO)C(Cl)C1=O. The highest BCUT2D eigenvalue weighted by Gasteiger charge is 2.32. The molecule has 0 saturated heterocycles. The van der Waals surface area contributed by atoms with Crippen LogP contribution in [0.1, 0.15) is 18.4 Å². The monoisotopic (exact) mass is 280 g/mol. The molecular formula is C15H17ClO3. The number of carbonyl (C=O) groups is 1. The molecule has 0 heterocycles. The highest BCUT2D eigenvalue weighted by molar-refractivity contribution is 6.34. The van der Waals surface area contributed by atoms with Crippen molar-refractivity contribution in [2.45, 2.75) is 18.2 Å². The number of benzene rings is 1. The van der Waals surface area contributed by atoms with Crippen molar-refractivity contribution in [2.24, 2.45) is 5.92 Å². The molecule has 19 heavy (non-hydrogen) atoms. The molecule has 4 heteroatoms. The van der Waals surface area contributed by atoms with Gasteiger partial charge in [0.2, 0.25) is 0 Å². The van der Waals surface area contributed by atoms with Crippen LogP contribution in [-0.4, -0.2) is 30.0 Å². The van der Waals surface area contributed by atoms with Gasteiger partial charge >= 0.3 is 0 Å². The highest BCUT2D eigenvalue weighted by atomic mass is 35.5. The Morgan fingerprint density at radius 2 is 2.21 bits per heavy atom. The van der Waals surface area contributed by atoms with Crippen molar-refractivity contribution in [3.05, 3.63) is 35.4 Å². The minimum Gasteiger partial charge on any atom is -0.496 e. The van der Waals surface area contributed by atoms with Crippen molar-refractivity contribution in [1.82, 2.24) is 0 Å². The van der Waals surface area contributed by atoms with Gasteiger partial charge in [0.1, 0.15) is 11.1 Å². The van der Waals surface area contributed by atoms with Crippen LogP contribution in [0.4, 0.5) is 0 Å². The average Bonchev–Trinajstić information content (AvgIpc) is 2.45. The van der Waals surface area contributed by atoms with E-state index in [0.29, 0.717) is 12.0 Å². The van der Waals surface area contributed by atoms with E-state index in [-0.39, 0.29) is 18.3 Å². The fourth-order valence-corrected chi connectivity index (χ4v) is 2.65. The van der Waals surface area contributed by atoms with Crippen LogP contribution in [0.15, 0.2) is 29.8 Å². The summed E-state index contributed by atoms with van der Waals surface area (Å²) >= 11 is 6.09. The first kappa shape index (κ1) is 14.1. The number of aliphatic hydroxyl groups excluding tert-OH is 1. The number of halogens is 1. The first-order valence-electron chi connectivity index (χ1n) is 6.30. The molecule has 1 N–H and O–H groups in total. The number of Topliss-reactive ketones (excluding diaryl/α,β-unsaturated/α-hetero) is 1. The van der Waals surface area contributed by atoms with E-state index in [1.807, 2.05) is 30.3 Å². The van der Waals surface area contributed by atoms with Gasteiger partial charge in [-0.25, -0.2) is 0 Å². The Balaban J connectivity index is 2.27. The number of aliphatic hydroxyl groups is 1. The molecule has 102 valence electrons. The summed E-state index contributed by atoms with van der Waals surface area (Å²) in [4.78, 5) is 12.1. The van der Waals surface area contributed by atoms with E-state index in [9.17, 15) is 4.79 Å². The fourth-order valence-electron chi connectivity index (χ4n) is 2.30. The summed E-state index contributed by atoms with van der Waals surface area (Å²) in [5.74, 6) is 0.514. The topological polar surface area (TPSA) is 46.5 Å². The lowest BCUT2D eigenvalue weighted by Crippen LogP contribution is -2.33. The molecule has 2 unspecified atom stereocenters. The van der Waals surface area contributed by atoms with E-state index in [2.05, 4.69) is 0 Å². The van der Waals surface area contributed by atoms with Gasteiger partial charge in [0.15, 0.2) is 5.78 Å². The molecular weight excluding hydrogens is 264 g/mol. The molecule has 2 atom stereocenters. The number of para-hydroxylation sites is 1. The van der Waals surface area contributed by atoms with Crippen molar-refractivity contribution in [3.63, 3.8) is 0 Å². The van der Waals surface area contributed by atoms with Crippen LogP contribution >= 0.6 is 11.6 Å². The summed E-state index contributed by atoms with van der Waals surface area (Å²) in [6, 6.07) is 7.54. The maximum Gasteiger partial charge on any atom is 0.177 e. The van der Waals surface area contributed by atoms with Gasteiger partial charge in [-0.15, -0.1) is 11.6 Å². The van der Waals surface area contributed by atoms with Crippen molar-refractivity contribution in [3.8, 4) is 5.75 Å². The lowest BCUT2D eigenvalue weighted by Gasteiger charge is -2.26. The predicted octanol–water partition coefficient (Wildman–Crippen LogP) is 2.66.